The smallest absolute Gasteiger partial charge is 0.371 e. The van der Waals surface area contributed by atoms with Gasteiger partial charge in [0.1, 0.15) is 6.61 Å². The van der Waals surface area contributed by atoms with Crippen LogP contribution in [-0.4, -0.2) is 30.9 Å². The number of ether oxygens (including phenoxy) is 1. The quantitative estimate of drug-likeness (QED) is 0.828. The van der Waals surface area contributed by atoms with Gasteiger partial charge in [-0.15, -0.1) is 0 Å². The van der Waals surface area contributed by atoms with Crippen LogP contribution in [0.1, 0.15) is 5.56 Å². The third-order valence-electron chi connectivity index (χ3n) is 2.72. The van der Waals surface area contributed by atoms with E-state index in [-0.39, 0.29) is 6.61 Å². The van der Waals surface area contributed by atoms with Crippen LogP contribution in [0.2, 0.25) is 0 Å². The Morgan fingerprint density at radius 2 is 1.95 bits per heavy atom. The highest BCUT2D eigenvalue weighted by molar-refractivity contribution is 5.81. The maximum Gasteiger partial charge on any atom is 0.411 e. The molecule has 3 nitrogen and oxygen atoms in total. The van der Waals surface area contributed by atoms with E-state index in [1.807, 2.05) is 30.3 Å². The van der Waals surface area contributed by atoms with Crippen molar-refractivity contribution in [3.63, 3.8) is 0 Å². The summed E-state index contributed by atoms with van der Waals surface area (Å²) < 4.78 is 40.1. The molecular formula is C14H15F3N2O. The summed E-state index contributed by atoms with van der Waals surface area (Å²) in [6, 6.07) is 9.68. The van der Waals surface area contributed by atoms with E-state index < -0.39 is 12.8 Å². The van der Waals surface area contributed by atoms with Crippen molar-refractivity contribution in [1.29, 1.82) is 0 Å². The van der Waals surface area contributed by atoms with E-state index in [4.69, 9.17) is 0 Å². The first-order valence-corrected chi connectivity index (χ1v) is 6.24. The lowest BCUT2D eigenvalue weighted by atomic mass is 10.1. The van der Waals surface area contributed by atoms with Gasteiger partial charge in [0.2, 0.25) is 0 Å². The Hall–Kier alpha value is -1.66. The molecule has 20 heavy (non-hydrogen) atoms. The number of rotatable bonds is 6. The van der Waals surface area contributed by atoms with Crippen molar-refractivity contribution >= 4 is 10.9 Å². The van der Waals surface area contributed by atoms with Gasteiger partial charge in [0, 0.05) is 24.7 Å². The molecule has 0 aliphatic heterocycles. The summed E-state index contributed by atoms with van der Waals surface area (Å²) in [5, 5.41) is 4.09. The van der Waals surface area contributed by atoms with Crippen LogP contribution in [0.3, 0.4) is 0 Å². The van der Waals surface area contributed by atoms with Crippen LogP contribution >= 0.6 is 0 Å². The predicted octanol–water partition coefficient (Wildman–Crippen LogP) is 2.90. The second-order valence-corrected chi connectivity index (χ2v) is 4.34. The van der Waals surface area contributed by atoms with Crippen molar-refractivity contribution in [2.75, 3.05) is 19.8 Å². The average molecular weight is 284 g/mol. The largest absolute Gasteiger partial charge is 0.411 e. The number of benzene rings is 1. The number of nitrogens with zero attached hydrogens (tertiary/aromatic N) is 1. The van der Waals surface area contributed by atoms with E-state index >= 15 is 0 Å². The molecule has 0 spiro atoms. The number of para-hydroxylation sites is 1. The van der Waals surface area contributed by atoms with Gasteiger partial charge in [0.25, 0.3) is 0 Å². The summed E-state index contributed by atoms with van der Waals surface area (Å²) in [6.45, 7) is -0.273. The average Bonchev–Trinajstić information content (AvgIpc) is 2.41. The third kappa shape index (κ3) is 4.47. The molecule has 2 rings (SSSR count). The van der Waals surface area contributed by atoms with Gasteiger partial charge in [-0.05, 0) is 11.6 Å². The molecule has 0 aliphatic rings. The maximum atomic E-state index is 11.9. The standard InChI is InChI=1S/C14H15F3N2O/c15-14(16,17)10-20-8-7-18-9-12-4-1-3-11-5-2-6-19-13(11)12/h1-6,18H,7-10H2. The highest BCUT2D eigenvalue weighted by atomic mass is 19.4. The number of aromatic nitrogens is 1. The van der Waals surface area contributed by atoms with E-state index in [0.29, 0.717) is 13.1 Å². The van der Waals surface area contributed by atoms with Gasteiger partial charge in [-0.1, -0.05) is 24.3 Å². The number of nitrogens with one attached hydrogen (secondary N) is 1. The first kappa shape index (κ1) is 14.7. The van der Waals surface area contributed by atoms with Crippen LogP contribution in [-0.2, 0) is 11.3 Å². The van der Waals surface area contributed by atoms with Gasteiger partial charge in [-0.3, -0.25) is 4.98 Å². The van der Waals surface area contributed by atoms with Crippen LogP contribution in [0.4, 0.5) is 13.2 Å². The van der Waals surface area contributed by atoms with E-state index in [1.165, 1.54) is 0 Å². The van der Waals surface area contributed by atoms with Crippen molar-refractivity contribution in [3.05, 3.63) is 42.1 Å². The molecule has 0 saturated carbocycles. The number of alkyl halides is 3. The first-order chi connectivity index (χ1) is 9.56. The SMILES string of the molecule is FC(F)(F)COCCNCc1cccc2cccnc12. The van der Waals surface area contributed by atoms with Gasteiger partial charge in [-0.2, -0.15) is 13.2 Å². The third-order valence-corrected chi connectivity index (χ3v) is 2.72. The number of halogens is 3. The van der Waals surface area contributed by atoms with E-state index in [2.05, 4.69) is 15.0 Å². The predicted molar refractivity (Wildman–Crippen MR) is 70.3 cm³/mol. The molecule has 0 radical (unpaired) electrons. The Balaban J connectivity index is 1.79. The minimum Gasteiger partial charge on any atom is -0.371 e. The number of hydrogen-bond donors (Lipinski definition) is 1. The zero-order chi connectivity index (χ0) is 14.4. The number of fused-ring (bicyclic) bond motifs is 1. The lowest BCUT2D eigenvalue weighted by molar-refractivity contribution is -0.173. The first-order valence-electron chi connectivity index (χ1n) is 6.24. The minimum absolute atomic E-state index is 0.0255. The maximum absolute atomic E-state index is 11.9. The molecule has 1 aromatic carbocycles. The fourth-order valence-corrected chi connectivity index (χ4v) is 1.87. The second-order valence-electron chi connectivity index (χ2n) is 4.34. The normalized spacial score (nSPS) is 11.9. The molecule has 108 valence electrons. The highest BCUT2D eigenvalue weighted by Gasteiger charge is 2.27. The fraction of sp³-hybridized carbons (Fsp3) is 0.357. The highest BCUT2D eigenvalue weighted by Crippen LogP contribution is 2.16. The molecule has 0 atom stereocenters. The van der Waals surface area contributed by atoms with Crippen molar-refractivity contribution in [2.24, 2.45) is 0 Å². The van der Waals surface area contributed by atoms with Crippen LogP contribution in [0, 0.1) is 0 Å². The van der Waals surface area contributed by atoms with E-state index in [0.717, 1.165) is 16.5 Å². The molecule has 1 heterocycles. The molecule has 0 fully saturated rings. The van der Waals surface area contributed by atoms with Gasteiger partial charge in [0.15, 0.2) is 0 Å². The van der Waals surface area contributed by atoms with Crippen LogP contribution in [0.15, 0.2) is 36.5 Å². The Morgan fingerprint density at radius 1 is 1.15 bits per heavy atom. The monoisotopic (exact) mass is 284 g/mol. The van der Waals surface area contributed by atoms with Gasteiger partial charge >= 0.3 is 6.18 Å². The lowest BCUT2D eigenvalue weighted by Gasteiger charge is -2.09. The molecule has 2 aromatic rings. The Morgan fingerprint density at radius 3 is 2.75 bits per heavy atom. The van der Waals surface area contributed by atoms with Crippen molar-refractivity contribution in [2.45, 2.75) is 12.7 Å². The molecular weight excluding hydrogens is 269 g/mol. The van der Waals surface area contributed by atoms with Crippen molar-refractivity contribution in [3.8, 4) is 0 Å². The molecule has 1 aromatic heterocycles. The second kappa shape index (κ2) is 6.67. The van der Waals surface area contributed by atoms with Gasteiger partial charge < -0.3 is 10.1 Å². The van der Waals surface area contributed by atoms with Crippen LogP contribution < -0.4 is 5.32 Å². The summed E-state index contributed by atoms with van der Waals surface area (Å²) in [5.41, 5.74) is 1.91. The number of pyridine rings is 1. The Labute approximate surface area is 114 Å². The lowest BCUT2D eigenvalue weighted by Crippen LogP contribution is -2.23. The Kier molecular flexibility index (Phi) is 4.92. The fourth-order valence-electron chi connectivity index (χ4n) is 1.87. The van der Waals surface area contributed by atoms with Crippen LogP contribution in [0.5, 0.6) is 0 Å². The van der Waals surface area contributed by atoms with E-state index in [9.17, 15) is 13.2 Å². The van der Waals surface area contributed by atoms with Crippen molar-refractivity contribution in [1.82, 2.24) is 10.3 Å². The van der Waals surface area contributed by atoms with E-state index in [1.54, 1.807) is 6.20 Å². The zero-order valence-corrected chi connectivity index (χ0v) is 10.8. The molecule has 1 N–H and O–H groups in total. The van der Waals surface area contributed by atoms with Crippen molar-refractivity contribution < 1.29 is 17.9 Å². The van der Waals surface area contributed by atoms with Crippen LogP contribution in [0.25, 0.3) is 10.9 Å². The van der Waals surface area contributed by atoms with Gasteiger partial charge in [-0.25, -0.2) is 0 Å². The topological polar surface area (TPSA) is 34.1 Å². The summed E-state index contributed by atoms with van der Waals surface area (Å²) in [6.07, 6.45) is -2.54. The molecule has 0 unspecified atom stereocenters. The molecule has 0 amide bonds. The Bertz CT molecular complexity index is 552. The molecule has 0 aliphatic carbocycles. The number of hydrogen-bond acceptors (Lipinski definition) is 3. The summed E-state index contributed by atoms with van der Waals surface area (Å²) in [5.74, 6) is 0. The molecule has 0 saturated heterocycles. The summed E-state index contributed by atoms with van der Waals surface area (Å²) in [4.78, 5) is 4.31. The molecule has 0 bridgehead atoms. The minimum atomic E-state index is -4.26. The molecule has 6 heteroatoms. The summed E-state index contributed by atoms with van der Waals surface area (Å²) >= 11 is 0. The summed E-state index contributed by atoms with van der Waals surface area (Å²) in [7, 11) is 0. The van der Waals surface area contributed by atoms with Gasteiger partial charge in [0.05, 0.1) is 12.1 Å². The zero-order valence-electron chi connectivity index (χ0n) is 10.8.